The van der Waals surface area contributed by atoms with E-state index in [2.05, 4.69) is 15.9 Å². The lowest BCUT2D eigenvalue weighted by atomic mass is 10.1. The highest BCUT2D eigenvalue weighted by Gasteiger charge is 2.24. The third-order valence-corrected chi connectivity index (χ3v) is 3.74. The van der Waals surface area contributed by atoms with Crippen LogP contribution in [0.4, 0.5) is 0 Å². The summed E-state index contributed by atoms with van der Waals surface area (Å²) in [6.45, 7) is 3.41. The summed E-state index contributed by atoms with van der Waals surface area (Å²) in [5.41, 5.74) is 0.408. The number of hydrogen-bond acceptors (Lipinski definition) is 2. The molecule has 6 heteroatoms. The van der Waals surface area contributed by atoms with Crippen molar-refractivity contribution in [3.8, 4) is 0 Å². The van der Waals surface area contributed by atoms with Gasteiger partial charge < -0.3 is 10.0 Å². The van der Waals surface area contributed by atoms with Crippen LogP contribution in [0, 0.1) is 0 Å². The second-order valence-electron chi connectivity index (χ2n) is 4.21. The van der Waals surface area contributed by atoms with E-state index in [1.165, 1.54) is 4.90 Å². The number of benzene rings is 1. The van der Waals surface area contributed by atoms with E-state index in [9.17, 15) is 9.59 Å². The fraction of sp³-hybridized carbons (Fsp3) is 0.385. The molecule has 1 amide bonds. The standard InChI is InChI=1S/C13H15BrClNO3/c1-3-8(2)16(7-12(17)18)13(19)10-5-4-9(15)6-11(10)14/h4-6,8H,3,7H2,1-2H3,(H,17,18). The minimum Gasteiger partial charge on any atom is -0.480 e. The molecule has 0 saturated carbocycles. The van der Waals surface area contributed by atoms with Crippen molar-refractivity contribution in [3.63, 3.8) is 0 Å². The van der Waals surface area contributed by atoms with Crippen molar-refractivity contribution in [2.45, 2.75) is 26.3 Å². The van der Waals surface area contributed by atoms with Gasteiger partial charge in [0.15, 0.2) is 0 Å². The molecule has 0 bridgehead atoms. The molecule has 19 heavy (non-hydrogen) atoms. The quantitative estimate of drug-likeness (QED) is 0.887. The van der Waals surface area contributed by atoms with Gasteiger partial charge in [-0.3, -0.25) is 9.59 Å². The van der Waals surface area contributed by atoms with Crippen LogP contribution in [0.15, 0.2) is 22.7 Å². The Kier molecular flexibility index (Phi) is 5.82. The summed E-state index contributed by atoms with van der Waals surface area (Å²) < 4.78 is 0.559. The molecule has 0 aliphatic rings. The van der Waals surface area contributed by atoms with E-state index in [0.29, 0.717) is 21.5 Å². The monoisotopic (exact) mass is 347 g/mol. The van der Waals surface area contributed by atoms with Gasteiger partial charge in [-0.05, 0) is 47.5 Å². The van der Waals surface area contributed by atoms with Crippen molar-refractivity contribution in [3.05, 3.63) is 33.3 Å². The predicted octanol–water partition coefficient (Wildman–Crippen LogP) is 3.43. The molecule has 1 atom stereocenters. The lowest BCUT2D eigenvalue weighted by molar-refractivity contribution is -0.138. The zero-order chi connectivity index (χ0) is 14.6. The Morgan fingerprint density at radius 1 is 1.47 bits per heavy atom. The van der Waals surface area contributed by atoms with Crippen LogP contribution in [-0.4, -0.2) is 34.5 Å². The Balaban J connectivity index is 3.08. The van der Waals surface area contributed by atoms with Crippen molar-refractivity contribution in [2.24, 2.45) is 0 Å². The molecule has 0 aliphatic carbocycles. The normalized spacial score (nSPS) is 12.0. The molecule has 1 aromatic rings. The molecular formula is C13H15BrClNO3. The fourth-order valence-corrected chi connectivity index (χ4v) is 2.46. The molecule has 0 spiro atoms. The molecule has 4 nitrogen and oxygen atoms in total. The Hall–Kier alpha value is -1.07. The molecule has 0 radical (unpaired) electrons. The summed E-state index contributed by atoms with van der Waals surface area (Å²) in [5, 5.41) is 9.42. The van der Waals surface area contributed by atoms with Crippen LogP contribution in [0.1, 0.15) is 30.6 Å². The maximum atomic E-state index is 12.4. The molecule has 0 heterocycles. The van der Waals surface area contributed by atoms with Crippen LogP contribution in [0.3, 0.4) is 0 Å². The number of amides is 1. The average Bonchev–Trinajstić information content (AvgIpc) is 2.34. The Morgan fingerprint density at radius 3 is 2.58 bits per heavy atom. The summed E-state index contributed by atoms with van der Waals surface area (Å²) in [5.74, 6) is -1.35. The van der Waals surface area contributed by atoms with Gasteiger partial charge in [0, 0.05) is 15.5 Å². The van der Waals surface area contributed by atoms with Crippen LogP contribution in [0.2, 0.25) is 5.02 Å². The van der Waals surface area contributed by atoms with Gasteiger partial charge >= 0.3 is 5.97 Å². The fourth-order valence-electron chi connectivity index (χ4n) is 1.61. The molecule has 0 saturated heterocycles. The lowest BCUT2D eigenvalue weighted by Gasteiger charge is -2.27. The first-order chi connectivity index (χ1) is 8.86. The minimum atomic E-state index is -1.03. The predicted molar refractivity (Wildman–Crippen MR) is 77.6 cm³/mol. The van der Waals surface area contributed by atoms with Gasteiger partial charge in [-0.2, -0.15) is 0 Å². The zero-order valence-electron chi connectivity index (χ0n) is 10.7. The van der Waals surface area contributed by atoms with E-state index in [1.807, 2.05) is 13.8 Å². The van der Waals surface area contributed by atoms with Crippen LogP contribution in [0.25, 0.3) is 0 Å². The van der Waals surface area contributed by atoms with E-state index in [1.54, 1.807) is 18.2 Å². The van der Waals surface area contributed by atoms with Gasteiger partial charge in [0.05, 0.1) is 5.56 Å². The molecule has 104 valence electrons. The van der Waals surface area contributed by atoms with Gasteiger partial charge in [0.1, 0.15) is 6.54 Å². The number of carbonyl (C=O) groups is 2. The number of carboxylic acid groups (broad SMARTS) is 1. The number of carbonyl (C=O) groups excluding carboxylic acids is 1. The first-order valence-corrected chi connectivity index (χ1v) is 7.01. The third-order valence-electron chi connectivity index (χ3n) is 2.85. The highest BCUT2D eigenvalue weighted by molar-refractivity contribution is 9.10. The van der Waals surface area contributed by atoms with Crippen molar-refractivity contribution >= 4 is 39.4 Å². The second-order valence-corrected chi connectivity index (χ2v) is 5.50. The molecular weight excluding hydrogens is 334 g/mol. The molecule has 0 fully saturated rings. The summed E-state index contributed by atoms with van der Waals surface area (Å²) in [4.78, 5) is 24.6. The summed E-state index contributed by atoms with van der Waals surface area (Å²) in [7, 11) is 0. The molecule has 1 N–H and O–H groups in total. The van der Waals surface area contributed by atoms with Crippen LogP contribution in [-0.2, 0) is 4.79 Å². The third kappa shape index (κ3) is 4.21. The van der Waals surface area contributed by atoms with E-state index in [-0.39, 0.29) is 18.5 Å². The molecule has 1 rings (SSSR count). The number of rotatable bonds is 5. The number of aliphatic carboxylic acids is 1. The van der Waals surface area contributed by atoms with E-state index in [0.717, 1.165) is 0 Å². The van der Waals surface area contributed by atoms with E-state index >= 15 is 0 Å². The van der Waals surface area contributed by atoms with Gasteiger partial charge in [0.2, 0.25) is 0 Å². The Morgan fingerprint density at radius 2 is 2.11 bits per heavy atom. The molecule has 1 aromatic carbocycles. The largest absolute Gasteiger partial charge is 0.480 e. The number of hydrogen-bond donors (Lipinski definition) is 1. The summed E-state index contributed by atoms with van der Waals surface area (Å²) >= 11 is 9.10. The number of carboxylic acids is 1. The lowest BCUT2D eigenvalue weighted by Crippen LogP contribution is -2.41. The van der Waals surface area contributed by atoms with Crippen LogP contribution in [0.5, 0.6) is 0 Å². The van der Waals surface area contributed by atoms with Gasteiger partial charge in [-0.25, -0.2) is 0 Å². The van der Waals surface area contributed by atoms with Gasteiger partial charge in [0.25, 0.3) is 5.91 Å². The first-order valence-electron chi connectivity index (χ1n) is 5.84. The average molecular weight is 349 g/mol. The summed E-state index contributed by atoms with van der Waals surface area (Å²) in [6, 6.07) is 4.66. The maximum Gasteiger partial charge on any atom is 0.323 e. The highest BCUT2D eigenvalue weighted by atomic mass is 79.9. The van der Waals surface area contributed by atoms with Gasteiger partial charge in [-0.1, -0.05) is 18.5 Å². The number of nitrogens with zero attached hydrogens (tertiary/aromatic N) is 1. The SMILES string of the molecule is CCC(C)N(CC(=O)O)C(=O)c1ccc(Cl)cc1Br. The molecule has 0 aromatic heterocycles. The highest BCUT2D eigenvalue weighted by Crippen LogP contribution is 2.23. The van der Waals surface area contributed by atoms with Crippen LogP contribution >= 0.6 is 27.5 Å². The van der Waals surface area contributed by atoms with Gasteiger partial charge in [-0.15, -0.1) is 0 Å². The second kappa shape index (κ2) is 6.91. The smallest absolute Gasteiger partial charge is 0.323 e. The first kappa shape index (κ1) is 16.0. The summed E-state index contributed by atoms with van der Waals surface area (Å²) in [6.07, 6.45) is 0.685. The number of halogens is 2. The van der Waals surface area contributed by atoms with Crippen molar-refractivity contribution < 1.29 is 14.7 Å². The Bertz CT molecular complexity index is 493. The molecule has 1 unspecified atom stereocenters. The van der Waals surface area contributed by atoms with Crippen LogP contribution < -0.4 is 0 Å². The van der Waals surface area contributed by atoms with E-state index in [4.69, 9.17) is 16.7 Å². The minimum absolute atomic E-state index is 0.147. The Labute approximate surface area is 125 Å². The topological polar surface area (TPSA) is 57.6 Å². The zero-order valence-corrected chi connectivity index (χ0v) is 13.0. The molecule has 0 aliphatic heterocycles. The van der Waals surface area contributed by atoms with Crippen molar-refractivity contribution in [2.75, 3.05) is 6.54 Å². The maximum absolute atomic E-state index is 12.4. The van der Waals surface area contributed by atoms with Crippen molar-refractivity contribution in [1.82, 2.24) is 4.90 Å². The van der Waals surface area contributed by atoms with Crippen molar-refractivity contribution in [1.29, 1.82) is 0 Å². The van der Waals surface area contributed by atoms with E-state index < -0.39 is 5.97 Å².